The number of aromatic nitrogens is 3. The Kier molecular flexibility index (Phi) is 3.61. The predicted octanol–water partition coefficient (Wildman–Crippen LogP) is 1.54. The zero-order valence-corrected chi connectivity index (χ0v) is 10.1. The van der Waals surface area contributed by atoms with Gasteiger partial charge in [0.1, 0.15) is 18.7 Å². The molecule has 90 valence electrons. The van der Waals surface area contributed by atoms with Crippen molar-refractivity contribution in [3.05, 3.63) is 40.9 Å². The highest BCUT2D eigenvalue weighted by molar-refractivity contribution is 6.30. The van der Waals surface area contributed by atoms with Gasteiger partial charge in [0.25, 0.3) is 0 Å². The molecule has 0 unspecified atom stereocenters. The fourth-order valence-corrected chi connectivity index (χ4v) is 1.60. The number of rotatable bonds is 4. The fraction of sp³-hybridized carbons (Fsp3) is 0.273. The molecule has 0 spiro atoms. The summed E-state index contributed by atoms with van der Waals surface area (Å²) in [4.78, 5) is 4.04. The van der Waals surface area contributed by atoms with E-state index < -0.39 is 0 Å². The molecule has 17 heavy (non-hydrogen) atoms. The molecule has 0 fully saturated rings. The van der Waals surface area contributed by atoms with E-state index in [1.165, 1.54) is 6.33 Å². The molecule has 0 aliphatic carbocycles. The molecule has 2 aromatic rings. The van der Waals surface area contributed by atoms with Crippen LogP contribution in [-0.4, -0.2) is 19.9 Å². The van der Waals surface area contributed by atoms with Crippen LogP contribution in [-0.2, 0) is 20.3 Å². The van der Waals surface area contributed by atoms with Crippen LogP contribution in [0, 0.1) is 0 Å². The van der Waals surface area contributed by atoms with Gasteiger partial charge in [-0.2, -0.15) is 5.10 Å². The summed E-state index contributed by atoms with van der Waals surface area (Å²) in [6.07, 6.45) is 1.47. The van der Waals surface area contributed by atoms with Crippen molar-refractivity contribution in [2.24, 2.45) is 7.05 Å². The van der Waals surface area contributed by atoms with Crippen LogP contribution in [0.5, 0.6) is 5.75 Å². The third-order valence-electron chi connectivity index (χ3n) is 2.35. The van der Waals surface area contributed by atoms with Crippen molar-refractivity contribution in [1.82, 2.24) is 14.8 Å². The summed E-state index contributed by atoms with van der Waals surface area (Å²) >= 11 is 5.83. The summed E-state index contributed by atoms with van der Waals surface area (Å²) < 4.78 is 7.20. The van der Waals surface area contributed by atoms with E-state index in [9.17, 15) is 5.11 Å². The second-order valence-electron chi connectivity index (χ2n) is 3.50. The van der Waals surface area contributed by atoms with Crippen molar-refractivity contribution in [3.8, 4) is 5.75 Å². The average molecular weight is 254 g/mol. The normalized spacial score (nSPS) is 10.5. The topological polar surface area (TPSA) is 60.2 Å². The third kappa shape index (κ3) is 2.75. The standard InChI is InChI=1S/C11H12ClN3O2/c1-15-11(13-7-14-15)6-17-10-3-2-9(12)4-8(10)5-16/h2-4,7,16H,5-6H2,1H3. The summed E-state index contributed by atoms with van der Waals surface area (Å²) in [6.45, 7) is 0.180. The summed E-state index contributed by atoms with van der Waals surface area (Å²) in [5, 5.41) is 13.7. The van der Waals surface area contributed by atoms with E-state index in [4.69, 9.17) is 16.3 Å². The summed E-state index contributed by atoms with van der Waals surface area (Å²) in [5.74, 6) is 1.31. The third-order valence-corrected chi connectivity index (χ3v) is 2.59. The lowest BCUT2D eigenvalue weighted by Crippen LogP contribution is -2.05. The van der Waals surface area contributed by atoms with Crippen LogP contribution in [0.15, 0.2) is 24.5 Å². The van der Waals surface area contributed by atoms with E-state index in [1.807, 2.05) is 0 Å². The molecule has 1 aromatic heterocycles. The minimum atomic E-state index is -0.116. The molecule has 0 amide bonds. The van der Waals surface area contributed by atoms with Crippen molar-refractivity contribution in [1.29, 1.82) is 0 Å². The molecule has 0 bridgehead atoms. The quantitative estimate of drug-likeness (QED) is 0.898. The number of ether oxygens (including phenoxy) is 1. The number of aliphatic hydroxyl groups is 1. The Morgan fingerprint density at radius 1 is 1.47 bits per heavy atom. The minimum Gasteiger partial charge on any atom is -0.485 e. The molecule has 0 aliphatic heterocycles. The average Bonchev–Trinajstić information content (AvgIpc) is 2.73. The van der Waals surface area contributed by atoms with E-state index in [1.54, 1.807) is 29.9 Å². The van der Waals surface area contributed by atoms with Gasteiger partial charge in [-0.1, -0.05) is 11.6 Å². The van der Waals surface area contributed by atoms with Crippen LogP contribution in [0.25, 0.3) is 0 Å². The van der Waals surface area contributed by atoms with E-state index in [-0.39, 0.29) is 6.61 Å². The van der Waals surface area contributed by atoms with Crippen LogP contribution >= 0.6 is 11.6 Å². The Morgan fingerprint density at radius 2 is 2.29 bits per heavy atom. The molecular formula is C11H12ClN3O2. The first-order chi connectivity index (χ1) is 8.20. The molecule has 6 heteroatoms. The van der Waals surface area contributed by atoms with Crippen LogP contribution in [0.3, 0.4) is 0 Å². The van der Waals surface area contributed by atoms with Crippen LogP contribution in [0.4, 0.5) is 0 Å². The number of nitrogens with zero attached hydrogens (tertiary/aromatic N) is 3. The lowest BCUT2D eigenvalue weighted by molar-refractivity contribution is 0.253. The summed E-state index contributed by atoms with van der Waals surface area (Å²) in [7, 11) is 1.79. The van der Waals surface area contributed by atoms with Gasteiger partial charge in [-0.15, -0.1) is 0 Å². The maximum absolute atomic E-state index is 9.18. The molecule has 1 heterocycles. The maximum atomic E-state index is 9.18. The summed E-state index contributed by atoms with van der Waals surface area (Å²) in [5.41, 5.74) is 0.652. The Labute approximate surface area is 104 Å². The molecule has 5 nitrogen and oxygen atoms in total. The Bertz CT molecular complexity index is 513. The van der Waals surface area contributed by atoms with Gasteiger partial charge in [-0.25, -0.2) is 4.98 Å². The SMILES string of the molecule is Cn1ncnc1COc1ccc(Cl)cc1CO. The lowest BCUT2D eigenvalue weighted by atomic mass is 10.2. The van der Waals surface area contributed by atoms with Gasteiger partial charge in [0.2, 0.25) is 0 Å². The first-order valence-electron chi connectivity index (χ1n) is 5.05. The van der Waals surface area contributed by atoms with Crippen molar-refractivity contribution in [2.45, 2.75) is 13.2 Å². The van der Waals surface area contributed by atoms with Gasteiger partial charge in [0, 0.05) is 17.6 Å². The first-order valence-corrected chi connectivity index (χ1v) is 5.43. The molecular weight excluding hydrogens is 242 g/mol. The van der Waals surface area contributed by atoms with Gasteiger partial charge in [-0.3, -0.25) is 4.68 Å². The van der Waals surface area contributed by atoms with Crippen LogP contribution in [0.2, 0.25) is 5.02 Å². The molecule has 0 saturated carbocycles. The lowest BCUT2D eigenvalue weighted by Gasteiger charge is -2.09. The van der Waals surface area contributed by atoms with Crippen molar-refractivity contribution in [2.75, 3.05) is 0 Å². The smallest absolute Gasteiger partial charge is 0.164 e. The predicted molar refractivity (Wildman–Crippen MR) is 62.7 cm³/mol. The van der Waals surface area contributed by atoms with Gasteiger partial charge in [-0.05, 0) is 18.2 Å². The largest absolute Gasteiger partial charge is 0.485 e. The van der Waals surface area contributed by atoms with E-state index in [0.29, 0.717) is 28.8 Å². The van der Waals surface area contributed by atoms with E-state index >= 15 is 0 Å². The van der Waals surface area contributed by atoms with Gasteiger partial charge in [0.05, 0.1) is 6.61 Å². The highest BCUT2D eigenvalue weighted by atomic mass is 35.5. The fourth-order valence-electron chi connectivity index (χ4n) is 1.41. The molecule has 2 rings (SSSR count). The molecule has 0 atom stereocenters. The van der Waals surface area contributed by atoms with Crippen molar-refractivity contribution >= 4 is 11.6 Å². The number of halogens is 1. The highest BCUT2D eigenvalue weighted by Gasteiger charge is 2.06. The van der Waals surface area contributed by atoms with Crippen molar-refractivity contribution in [3.63, 3.8) is 0 Å². The maximum Gasteiger partial charge on any atom is 0.164 e. The Morgan fingerprint density at radius 3 is 2.94 bits per heavy atom. The zero-order chi connectivity index (χ0) is 12.3. The van der Waals surface area contributed by atoms with Gasteiger partial charge < -0.3 is 9.84 Å². The van der Waals surface area contributed by atoms with Crippen LogP contribution in [0.1, 0.15) is 11.4 Å². The van der Waals surface area contributed by atoms with E-state index in [2.05, 4.69) is 10.1 Å². The zero-order valence-electron chi connectivity index (χ0n) is 9.30. The second kappa shape index (κ2) is 5.16. The summed E-state index contributed by atoms with van der Waals surface area (Å²) in [6, 6.07) is 5.12. The Hall–Kier alpha value is -1.59. The highest BCUT2D eigenvalue weighted by Crippen LogP contribution is 2.23. The van der Waals surface area contributed by atoms with Crippen LogP contribution < -0.4 is 4.74 Å². The second-order valence-corrected chi connectivity index (χ2v) is 3.94. The minimum absolute atomic E-state index is 0.116. The number of hydrogen-bond acceptors (Lipinski definition) is 4. The van der Waals surface area contributed by atoms with Gasteiger partial charge in [0.15, 0.2) is 5.82 Å². The number of aryl methyl sites for hydroxylation is 1. The number of hydrogen-bond donors (Lipinski definition) is 1. The van der Waals surface area contributed by atoms with Gasteiger partial charge >= 0.3 is 0 Å². The molecule has 1 N–H and O–H groups in total. The number of benzene rings is 1. The molecule has 0 aliphatic rings. The molecule has 0 radical (unpaired) electrons. The molecule has 1 aromatic carbocycles. The monoisotopic (exact) mass is 253 g/mol. The number of aliphatic hydroxyl groups excluding tert-OH is 1. The van der Waals surface area contributed by atoms with E-state index in [0.717, 1.165) is 0 Å². The van der Waals surface area contributed by atoms with Crippen molar-refractivity contribution < 1.29 is 9.84 Å². The first kappa shape index (κ1) is 11.9. The molecule has 0 saturated heterocycles. The Balaban J connectivity index is 2.11.